The average Bonchev–Trinajstić information content (AvgIpc) is 2.57. The zero-order valence-electron chi connectivity index (χ0n) is 9.11. The molecule has 1 atom stereocenters. The minimum atomic E-state index is -1.54. The highest BCUT2D eigenvalue weighted by Crippen LogP contribution is 2.21. The van der Waals surface area contributed by atoms with Gasteiger partial charge >= 0.3 is 5.97 Å². The minimum absolute atomic E-state index is 0.231. The first-order chi connectivity index (χ1) is 7.08. The molecular weight excluding hydrogens is 198 g/mol. The molecule has 1 aliphatic heterocycles. The molecule has 0 aromatic rings. The van der Waals surface area contributed by atoms with Crippen LogP contribution in [0.15, 0.2) is 0 Å². The van der Waals surface area contributed by atoms with Crippen LogP contribution in [0.2, 0.25) is 0 Å². The zero-order valence-corrected chi connectivity index (χ0v) is 9.11. The van der Waals surface area contributed by atoms with Gasteiger partial charge in [-0.3, -0.25) is 4.90 Å². The van der Waals surface area contributed by atoms with Crippen molar-refractivity contribution in [3.8, 4) is 0 Å². The number of carboxylic acids is 1. The first-order valence-corrected chi connectivity index (χ1v) is 5.34. The molecule has 0 spiro atoms. The predicted octanol–water partition coefficient (Wildman–Crippen LogP) is -0.0656. The van der Waals surface area contributed by atoms with E-state index in [0.29, 0.717) is 26.2 Å². The fourth-order valence-corrected chi connectivity index (χ4v) is 1.77. The molecule has 1 heterocycles. The summed E-state index contributed by atoms with van der Waals surface area (Å²) in [7, 11) is 0. The zero-order chi connectivity index (χ0) is 11.3. The van der Waals surface area contributed by atoms with Gasteiger partial charge in [-0.2, -0.15) is 0 Å². The van der Waals surface area contributed by atoms with E-state index >= 15 is 0 Å². The Bertz CT molecular complexity index is 221. The van der Waals surface area contributed by atoms with Gasteiger partial charge in [0.05, 0.1) is 0 Å². The lowest BCUT2D eigenvalue weighted by Crippen LogP contribution is -2.41. The van der Waals surface area contributed by atoms with Crippen LogP contribution in [0.4, 0.5) is 0 Å². The number of rotatable bonds is 6. The van der Waals surface area contributed by atoms with E-state index in [4.69, 9.17) is 9.84 Å². The number of carbonyl (C=O) groups is 1. The third-order valence-electron chi connectivity index (χ3n) is 2.69. The van der Waals surface area contributed by atoms with Crippen LogP contribution in [0.1, 0.15) is 19.8 Å². The van der Waals surface area contributed by atoms with Crippen LogP contribution in [-0.2, 0) is 9.53 Å². The summed E-state index contributed by atoms with van der Waals surface area (Å²) in [6.07, 6.45) is 1.19. The summed E-state index contributed by atoms with van der Waals surface area (Å²) in [5, 5.41) is 18.5. The molecule has 1 rings (SSSR count). The highest BCUT2D eigenvalue weighted by atomic mass is 16.5. The molecule has 0 aromatic carbocycles. The number of carboxylic acid groups (broad SMARTS) is 1. The molecule has 15 heavy (non-hydrogen) atoms. The number of aliphatic carboxylic acids is 1. The number of ether oxygens (including phenoxy) is 1. The van der Waals surface area contributed by atoms with Crippen molar-refractivity contribution in [3.05, 3.63) is 0 Å². The fourth-order valence-electron chi connectivity index (χ4n) is 1.77. The van der Waals surface area contributed by atoms with E-state index in [-0.39, 0.29) is 6.54 Å². The molecule has 5 heteroatoms. The maximum Gasteiger partial charge on any atom is 0.337 e. The third-order valence-corrected chi connectivity index (χ3v) is 2.69. The smallest absolute Gasteiger partial charge is 0.337 e. The van der Waals surface area contributed by atoms with Crippen LogP contribution in [-0.4, -0.2) is 59.5 Å². The molecule has 0 amide bonds. The van der Waals surface area contributed by atoms with Crippen molar-refractivity contribution in [2.75, 3.05) is 32.8 Å². The van der Waals surface area contributed by atoms with Crippen molar-refractivity contribution in [1.29, 1.82) is 0 Å². The van der Waals surface area contributed by atoms with Gasteiger partial charge in [0, 0.05) is 39.3 Å². The maximum atomic E-state index is 10.7. The molecule has 0 saturated carbocycles. The topological polar surface area (TPSA) is 70.0 Å². The maximum absolute atomic E-state index is 10.7. The first kappa shape index (κ1) is 12.4. The Kier molecular flexibility index (Phi) is 4.50. The molecule has 1 unspecified atom stereocenters. The summed E-state index contributed by atoms with van der Waals surface area (Å²) < 4.78 is 5.19. The van der Waals surface area contributed by atoms with Crippen molar-refractivity contribution in [2.45, 2.75) is 25.4 Å². The van der Waals surface area contributed by atoms with E-state index < -0.39 is 11.6 Å². The van der Waals surface area contributed by atoms with E-state index in [0.717, 1.165) is 13.0 Å². The lowest BCUT2D eigenvalue weighted by Gasteiger charge is -2.18. The normalized spacial score (nSPS) is 27.1. The summed E-state index contributed by atoms with van der Waals surface area (Å²) in [5.41, 5.74) is -1.54. The van der Waals surface area contributed by atoms with E-state index in [1.165, 1.54) is 0 Å². The largest absolute Gasteiger partial charge is 0.479 e. The van der Waals surface area contributed by atoms with Crippen molar-refractivity contribution in [3.63, 3.8) is 0 Å². The van der Waals surface area contributed by atoms with E-state index in [9.17, 15) is 9.90 Å². The Labute approximate surface area is 89.6 Å². The van der Waals surface area contributed by atoms with Crippen molar-refractivity contribution < 1.29 is 19.7 Å². The Morgan fingerprint density at radius 2 is 2.33 bits per heavy atom. The van der Waals surface area contributed by atoms with Crippen LogP contribution in [0, 0.1) is 0 Å². The number of aliphatic hydroxyl groups is 1. The van der Waals surface area contributed by atoms with E-state index in [1.807, 2.05) is 11.8 Å². The highest BCUT2D eigenvalue weighted by molar-refractivity contribution is 5.77. The van der Waals surface area contributed by atoms with Gasteiger partial charge in [-0.05, 0) is 13.3 Å². The van der Waals surface area contributed by atoms with Crippen LogP contribution in [0.3, 0.4) is 0 Å². The van der Waals surface area contributed by atoms with Gasteiger partial charge in [-0.25, -0.2) is 4.79 Å². The second-order valence-electron chi connectivity index (χ2n) is 3.91. The molecule has 0 radical (unpaired) electrons. The molecule has 5 nitrogen and oxygen atoms in total. The summed E-state index contributed by atoms with van der Waals surface area (Å²) >= 11 is 0. The SMILES string of the molecule is CCOCCCN1CCC(O)(C(=O)O)C1. The minimum Gasteiger partial charge on any atom is -0.479 e. The first-order valence-electron chi connectivity index (χ1n) is 5.34. The van der Waals surface area contributed by atoms with Crippen molar-refractivity contribution in [2.24, 2.45) is 0 Å². The molecule has 2 N–H and O–H groups in total. The quantitative estimate of drug-likeness (QED) is 0.610. The molecule has 0 aliphatic carbocycles. The highest BCUT2D eigenvalue weighted by Gasteiger charge is 2.42. The Morgan fingerprint density at radius 1 is 1.60 bits per heavy atom. The van der Waals surface area contributed by atoms with Gasteiger partial charge in [0.15, 0.2) is 5.60 Å². The van der Waals surface area contributed by atoms with Gasteiger partial charge in [-0.1, -0.05) is 0 Å². The van der Waals surface area contributed by atoms with Crippen LogP contribution in [0.5, 0.6) is 0 Å². The molecule has 1 aliphatic rings. The van der Waals surface area contributed by atoms with Gasteiger partial charge in [0.25, 0.3) is 0 Å². The van der Waals surface area contributed by atoms with Gasteiger partial charge in [0.2, 0.25) is 0 Å². The second kappa shape index (κ2) is 5.44. The van der Waals surface area contributed by atoms with Crippen LogP contribution >= 0.6 is 0 Å². The standard InChI is InChI=1S/C10H19NO4/c1-2-15-7-3-5-11-6-4-10(14,8-11)9(12)13/h14H,2-8H2,1H3,(H,12,13). The molecule has 1 fully saturated rings. The van der Waals surface area contributed by atoms with Gasteiger partial charge in [0.1, 0.15) is 0 Å². The van der Waals surface area contributed by atoms with Gasteiger partial charge < -0.3 is 14.9 Å². The van der Waals surface area contributed by atoms with Crippen LogP contribution < -0.4 is 0 Å². The summed E-state index contributed by atoms with van der Waals surface area (Å²) in [4.78, 5) is 12.7. The third kappa shape index (κ3) is 3.44. The number of hydrogen-bond donors (Lipinski definition) is 2. The number of β-amino-alcohol motifs (C(OH)–C–C–N with tert-alkyl or cyclic N) is 1. The predicted molar refractivity (Wildman–Crippen MR) is 54.8 cm³/mol. The Hall–Kier alpha value is -0.650. The Balaban J connectivity index is 2.22. The molecule has 1 saturated heterocycles. The fraction of sp³-hybridized carbons (Fsp3) is 0.900. The lowest BCUT2D eigenvalue weighted by atomic mass is 10.0. The second-order valence-corrected chi connectivity index (χ2v) is 3.91. The number of hydrogen-bond acceptors (Lipinski definition) is 4. The van der Waals surface area contributed by atoms with E-state index in [2.05, 4.69) is 0 Å². The molecule has 0 bridgehead atoms. The summed E-state index contributed by atoms with van der Waals surface area (Å²) in [6.45, 7) is 5.01. The molecular formula is C10H19NO4. The lowest BCUT2D eigenvalue weighted by molar-refractivity contribution is -0.156. The average molecular weight is 217 g/mol. The Morgan fingerprint density at radius 3 is 2.87 bits per heavy atom. The number of nitrogens with zero attached hydrogens (tertiary/aromatic N) is 1. The van der Waals surface area contributed by atoms with E-state index in [1.54, 1.807) is 0 Å². The summed E-state index contributed by atoms with van der Waals surface area (Å²) in [5.74, 6) is -1.12. The summed E-state index contributed by atoms with van der Waals surface area (Å²) in [6, 6.07) is 0. The molecule has 0 aromatic heterocycles. The van der Waals surface area contributed by atoms with Crippen LogP contribution in [0.25, 0.3) is 0 Å². The van der Waals surface area contributed by atoms with Crippen molar-refractivity contribution in [1.82, 2.24) is 4.90 Å². The molecule has 88 valence electrons. The van der Waals surface area contributed by atoms with Gasteiger partial charge in [-0.15, -0.1) is 0 Å². The van der Waals surface area contributed by atoms with Crippen molar-refractivity contribution >= 4 is 5.97 Å². The number of likely N-dealkylation sites (tertiary alicyclic amines) is 1. The monoisotopic (exact) mass is 217 g/mol.